The second-order valence-corrected chi connectivity index (χ2v) is 6.65. The van der Waals surface area contributed by atoms with Crippen LogP contribution in [0, 0.1) is 5.92 Å². The van der Waals surface area contributed by atoms with E-state index in [4.69, 9.17) is 0 Å². The SMILES string of the molecule is CCCCC(CC)CC(=O)C(C)(C)N1CCCCC1. The van der Waals surface area contributed by atoms with E-state index < -0.39 is 0 Å². The highest BCUT2D eigenvalue weighted by molar-refractivity contribution is 5.87. The molecule has 1 fully saturated rings. The van der Waals surface area contributed by atoms with Crippen molar-refractivity contribution in [1.29, 1.82) is 0 Å². The summed E-state index contributed by atoms with van der Waals surface area (Å²) in [5.74, 6) is 1.05. The molecule has 1 rings (SSSR count). The highest BCUT2D eigenvalue weighted by atomic mass is 16.1. The maximum absolute atomic E-state index is 12.7. The van der Waals surface area contributed by atoms with Crippen LogP contribution in [-0.2, 0) is 4.79 Å². The second-order valence-electron chi connectivity index (χ2n) is 6.65. The highest BCUT2D eigenvalue weighted by Crippen LogP contribution is 2.26. The van der Waals surface area contributed by atoms with Crippen LogP contribution in [-0.4, -0.2) is 29.3 Å². The Hall–Kier alpha value is -0.370. The Balaban J connectivity index is 2.53. The Morgan fingerprint density at radius 2 is 1.79 bits per heavy atom. The van der Waals surface area contributed by atoms with Gasteiger partial charge in [-0.05, 0) is 45.7 Å². The van der Waals surface area contributed by atoms with Gasteiger partial charge >= 0.3 is 0 Å². The molecular formula is C17H33NO. The molecule has 1 unspecified atom stereocenters. The molecule has 0 spiro atoms. The van der Waals surface area contributed by atoms with Crippen molar-refractivity contribution in [1.82, 2.24) is 4.90 Å². The van der Waals surface area contributed by atoms with E-state index in [9.17, 15) is 4.79 Å². The van der Waals surface area contributed by atoms with Gasteiger partial charge in [0.15, 0.2) is 5.78 Å². The van der Waals surface area contributed by atoms with Crippen molar-refractivity contribution in [3.63, 3.8) is 0 Å². The third-order valence-corrected chi connectivity index (χ3v) is 4.85. The molecule has 0 aliphatic carbocycles. The molecular weight excluding hydrogens is 234 g/mol. The van der Waals surface area contributed by atoms with E-state index in [1.165, 1.54) is 38.5 Å². The van der Waals surface area contributed by atoms with Gasteiger partial charge in [0.1, 0.15) is 0 Å². The summed E-state index contributed by atoms with van der Waals surface area (Å²) in [7, 11) is 0. The monoisotopic (exact) mass is 267 g/mol. The van der Waals surface area contributed by atoms with Crippen molar-refractivity contribution in [3.05, 3.63) is 0 Å². The summed E-state index contributed by atoms with van der Waals surface area (Å²) in [6.07, 6.45) is 9.47. The Morgan fingerprint density at radius 1 is 1.16 bits per heavy atom. The number of likely N-dealkylation sites (tertiary alicyclic amines) is 1. The van der Waals surface area contributed by atoms with Crippen LogP contribution in [0.1, 0.15) is 79.1 Å². The molecule has 1 heterocycles. The van der Waals surface area contributed by atoms with Crippen molar-refractivity contribution in [2.75, 3.05) is 13.1 Å². The lowest BCUT2D eigenvalue weighted by Gasteiger charge is -2.40. The van der Waals surface area contributed by atoms with E-state index in [2.05, 4.69) is 32.6 Å². The number of nitrogens with zero attached hydrogens (tertiary/aromatic N) is 1. The molecule has 0 aromatic heterocycles. The molecule has 0 bridgehead atoms. The first kappa shape index (κ1) is 16.7. The average molecular weight is 267 g/mol. The fourth-order valence-electron chi connectivity index (χ4n) is 3.08. The fourth-order valence-corrected chi connectivity index (χ4v) is 3.08. The molecule has 1 aliphatic rings. The Bertz CT molecular complexity index is 266. The van der Waals surface area contributed by atoms with Crippen molar-refractivity contribution in [2.45, 2.75) is 84.6 Å². The van der Waals surface area contributed by atoms with Gasteiger partial charge in [0.25, 0.3) is 0 Å². The molecule has 2 nitrogen and oxygen atoms in total. The Kier molecular flexibility index (Phi) is 7.06. The standard InChI is InChI=1S/C17H33NO/c1-5-7-11-15(6-2)14-16(19)17(3,4)18-12-9-8-10-13-18/h15H,5-14H2,1-4H3. The van der Waals surface area contributed by atoms with Crippen LogP contribution in [0.3, 0.4) is 0 Å². The first-order valence-electron chi connectivity index (χ1n) is 8.30. The fraction of sp³-hybridized carbons (Fsp3) is 0.941. The van der Waals surface area contributed by atoms with Gasteiger partial charge in [0, 0.05) is 6.42 Å². The lowest BCUT2D eigenvalue weighted by Crippen LogP contribution is -2.52. The summed E-state index contributed by atoms with van der Waals surface area (Å²) in [5.41, 5.74) is -0.250. The van der Waals surface area contributed by atoms with Gasteiger partial charge < -0.3 is 0 Å². The largest absolute Gasteiger partial charge is 0.298 e. The normalized spacial score (nSPS) is 19.4. The first-order chi connectivity index (χ1) is 9.02. The number of piperidine rings is 1. The third kappa shape index (κ3) is 4.91. The number of hydrogen-bond donors (Lipinski definition) is 0. The smallest absolute Gasteiger partial charge is 0.152 e. The Labute approximate surface area is 119 Å². The minimum absolute atomic E-state index is 0.250. The molecule has 1 atom stereocenters. The quantitative estimate of drug-likeness (QED) is 0.648. The first-order valence-corrected chi connectivity index (χ1v) is 8.30. The van der Waals surface area contributed by atoms with Gasteiger partial charge in [-0.1, -0.05) is 46.0 Å². The number of rotatable bonds is 8. The number of carbonyl (C=O) groups is 1. The van der Waals surface area contributed by atoms with E-state index in [1.807, 2.05) is 0 Å². The molecule has 19 heavy (non-hydrogen) atoms. The minimum Gasteiger partial charge on any atom is -0.298 e. The summed E-state index contributed by atoms with van der Waals surface area (Å²) in [5, 5.41) is 0. The van der Waals surface area contributed by atoms with Gasteiger partial charge in [-0.25, -0.2) is 0 Å². The lowest BCUT2D eigenvalue weighted by atomic mass is 9.85. The van der Waals surface area contributed by atoms with Gasteiger partial charge in [-0.3, -0.25) is 9.69 Å². The summed E-state index contributed by atoms with van der Waals surface area (Å²) < 4.78 is 0. The molecule has 0 amide bonds. The van der Waals surface area contributed by atoms with E-state index >= 15 is 0 Å². The number of ketones is 1. The number of carbonyl (C=O) groups excluding carboxylic acids is 1. The van der Waals surface area contributed by atoms with Crippen LogP contribution in [0.25, 0.3) is 0 Å². The topological polar surface area (TPSA) is 20.3 Å². The average Bonchev–Trinajstić information content (AvgIpc) is 2.44. The number of hydrogen-bond acceptors (Lipinski definition) is 2. The number of Topliss-reactive ketones (excluding diaryl/α,β-unsaturated/α-hetero) is 1. The van der Waals surface area contributed by atoms with Gasteiger partial charge in [0.2, 0.25) is 0 Å². The highest BCUT2D eigenvalue weighted by Gasteiger charge is 2.35. The molecule has 0 saturated carbocycles. The second kappa shape index (κ2) is 8.04. The van der Waals surface area contributed by atoms with Crippen LogP contribution in [0.4, 0.5) is 0 Å². The van der Waals surface area contributed by atoms with Gasteiger partial charge in [-0.2, -0.15) is 0 Å². The van der Waals surface area contributed by atoms with Crippen LogP contribution in [0.15, 0.2) is 0 Å². The zero-order valence-electron chi connectivity index (χ0n) is 13.5. The summed E-state index contributed by atoms with van der Waals surface area (Å²) in [6, 6.07) is 0. The lowest BCUT2D eigenvalue weighted by molar-refractivity contribution is -0.131. The van der Waals surface area contributed by atoms with Crippen molar-refractivity contribution in [3.8, 4) is 0 Å². The van der Waals surface area contributed by atoms with E-state index in [-0.39, 0.29) is 5.54 Å². The van der Waals surface area contributed by atoms with Crippen LogP contribution < -0.4 is 0 Å². The molecule has 0 aromatic carbocycles. The van der Waals surface area contributed by atoms with Crippen LogP contribution in [0.5, 0.6) is 0 Å². The number of unbranched alkanes of at least 4 members (excludes halogenated alkanes) is 1. The summed E-state index contributed by atoms with van der Waals surface area (Å²) in [6.45, 7) is 10.9. The van der Waals surface area contributed by atoms with Crippen LogP contribution in [0.2, 0.25) is 0 Å². The zero-order valence-corrected chi connectivity index (χ0v) is 13.5. The van der Waals surface area contributed by atoms with Crippen molar-refractivity contribution < 1.29 is 4.79 Å². The van der Waals surface area contributed by atoms with Crippen LogP contribution >= 0.6 is 0 Å². The molecule has 2 heteroatoms. The molecule has 0 N–H and O–H groups in total. The minimum atomic E-state index is -0.250. The van der Waals surface area contributed by atoms with E-state index in [1.54, 1.807) is 0 Å². The predicted octanol–water partition coefficient (Wildman–Crippen LogP) is 4.43. The van der Waals surface area contributed by atoms with E-state index in [0.29, 0.717) is 11.7 Å². The van der Waals surface area contributed by atoms with Gasteiger partial charge in [-0.15, -0.1) is 0 Å². The Morgan fingerprint density at radius 3 is 2.32 bits per heavy atom. The van der Waals surface area contributed by atoms with Crippen molar-refractivity contribution in [2.24, 2.45) is 5.92 Å². The molecule has 1 aliphatic heterocycles. The van der Waals surface area contributed by atoms with Gasteiger partial charge in [0.05, 0.1) is 5.54 Å². The molecule has 0 aromatic rings. The summed E-state index contributed by atoms with van der Waals surface area (Å²) >= 11 is 0. The third-order valence-electron chi connectivity index (χ3n) is 4.85. The predicted molar refractivity (Wildman–Crippen MR) is 82.4 cm³/mol. The molecule has 0 radical (unpaired) electrons. The zero-order chi connectivity index (χ0) is 14.3. The molecule has 1 saturated heterocycles. The molecule has 112 valence electrons. The maximum atomic E-state index is 12.7. The summed E-state index contributed by atoms with van der Waals surface area (Å²) in [4.78, 5) is 15.1. The maximum Gasteiger partial charge on any atom is 0.152 e. The van der Waals surface area contributed by atoms with E-state index in [0.717, 1.165) is 25.9 Å². The van der Waals surface area contributed by atoms with Crippen molar-refractivity contribution >= 4 is 5.78 Å².